The number of hydrogen-bond acceptors (Lipinski definition) is 4. The third kappa shape index (κ3) is 3.95. The van der Waals surface area contributed by atoms with Gasteiger partial charge in [-0.15, -0.1) is 0 Å². The Morgan fingerprint density at radius 1 is 1.00 bits per heavy atom. The number of nitrogens with zero attached hydrogens (tertiary/aromatic N) is 3. The molecule has 126 valence electrons. The SMILES string of the molecule is O=S(=O)(/C=C/c1ccccc1)N1CCN(c2ncccc2Cl)CC1. The van der Waals surface area contributed by atoms with Crippen molar-refractivity contribution in [1.82, 2.24) is 9.29 Å². The first-order valence-corrected chi connectivity index (χ1v) is 9.53. The van der Waals surface area contributed by atoms with Gasteiger partial charge in [0.05, 0.1) is 5.02 Å². The van der Waals surface area contributed by atoms with Crippen LogP contribution in [0, 0.1) is 0 Å². The molecule has 3 rings (SSSR count). The molecule has 0 bridgehead atoms. The number of aromatic nitrogens is 1. The molecule has 2 aromatic rings. The second-order valence-electron chi connectivity index (χ2n) is 5.45. The summed E-state index contributed by atoms with van der Waals surface area (Å²) < 4.78 is 26.4. The lowest BCUT2D eigenvalue weighted by molar-refractivity contribution is 0.389. The highest BCUT2D eigenvalue weighted by molar-refractivity contribution is 7.92. The maximum Gasteiger partial charge on any atom is 0.236 e. The smallest absolute Gasteiger partial charge is 0.236 e. The van der Waals surface area contributed by atoms with Gasteiger partial charge in [0.1, 0.15) is 5.82 Å². The molecule has 0 radical (unpaired) electrons. The molecule has 0 aliphatic carbocycles. The van der Waals surface area contributed by atoms with Crippen LogP contribution < -0.4 is 4.90 Å². The Morgan fingerprint density at radius 2 is 1.71 bits per heavy atom. The van der Waals surface area contributed by atoms with E-state index in [9.17, 15) is 8.42 Å². The molecule has 0 saturated carbocycles. The summed E-state index contributed by atoms with van der Waals surface area (Å²) in [7, 11) is -3.42. The summed E-state index contributed by atoms with van der Waals surface area (Å²) in [5.74, 6) is 0.705. The molecule has 7 heteroatoms. The Balaban J connectivity index is 1.65. The highest BCUT2D eigenvalue weighted by Crippen LogP contribution is 2.24. The van der Waals surface area contributed by atoms with E-state index in [2.05, 4.69) is 4.98 Å². The minimum atomic E-state index is -3.42. The first-order chi connectivity index (χ1) is 11.6. The lowest BCUT2D eigenvalue weighted by Gasteiger charge is -2.34. The predicted octanol–water partition coefficient (Wildman–Crippen LogP) is 2.86. The lowest BCUT2D eigenvalue weighted by atomic mass is 10.2. The van der Waals surface area contributed by atoms with Gasteiger partial charge in [-0.25, -0.2) is 13.4 Å². The molecule has 1 aromatic carbocycles. The second kappa shape index (κ2) is 7.34. The van der Waals surface area contributed by atoms with Crippen molar-refractivity contribution in [3.8, 4) is 0 Å². The zero-order valence-corrected chi connectivity index (χ0v) is 14.6. The van der Waals surface area contributed by atoms with Crippen molar-refractivity contribution in [2.75, 3.05) is 31.1 Å². The Kier molecular flexibility index (Phi) is 5.18. The van der Waals surface area contributed by atoms with Gasteiger partial charge in [-0.2, -0.15) is 4.31 Å². The zero-order valence-electron chi connectivity index (χ0n) is 13.0. The van der Waals surface area contributed by atoms with Gasteiger partial charge >= 0.3 is 0 Å². The van der Waals surface area contributed by atoms with Crippen molar-refractivity contribution in [1.29, 1.82) is 0 Å². The molecule has 0 atom stereocenters. The summed E-state index contributed by atoms with van der Waals surface area (Å²) in [5, 5.41) is 1.85. The maximum atomic E-state index is 12.4. The number of sulfonamides is 1. The van der Waals surface area contributed by atoms with Gasteiger partial charge < -0.3 is 4.90 Å². The van der Waals surface area contributed by atoms with Crippen molar-refractivity contribution in [3.05, 3.63) is 64.7 Å². The van der Waals surface area contributed by atoms with E-state index in [1.807, 2.05) is 35.2 Å². The van der Waals surface area contributed by atoms with Crippen molar-refractivity contribution >= 4 is 33.5 Å². The van der Waals surface area contributed by atoms with Crippen LogP contribution >= 0.6 is 11.6 Å². The van der Waals surface area contributed by atoms with Crippen molar-refractivity contribution in [2.24, 2.45) is 0 Å². The maximum absolute atomic E-state index is 12.4. The largest absolute Gasteiger partial charge is 0.353 e. The molecular weight excluding hydrogens is 346 g/mol. The van der Waals surface area contributed by atoms with Crippen LogP contribution in [-0.4, -0.2) is 43.9 Å². The molecule has 5 nitrogen and oxygen atoms in total. The van der Waals surface area contributed by atoms with E-state index in [4.69, 9.17) is 11.6 Å². The molecule has 0 unspecified atom stereocenters. The van der Waals surface area contributed by atoms with Crippen LogP contribution in [0.15, 0.2) is 54.1 Å². The van der Waals surface area contributed by atoms with Gasteiger partial charge in [0.25, 0.3) is 0 Å². The predicted molar refractivity (Wildman–Crippen MR) is 97.4 cm³/mol. The highest BCUT2D eigenvalue weighted by Gasteiger charge is 2.26. The summed E-state index contributed by atoms with van der Waals surface area (Å²) >= 11 is 6.15. The fourth-order valence-corrected chi connectivity index (χ4v) is 3.99. The van der Waals surface area contributed by atoms with Crippen LogP contribution in [0.1, 0.15) is 5.56 Å². The number of hydrogen-bond donors (Lipinski definition) is 0. The molecule has 1 aliphatic rings. The summed E-state index contributed by atoms with van der Waals surface area (Å²) in [6.07, 6.45) is 3.31. The van der Waals surface area contributed by atoms with Gasteiger partial charge in [-0.3, -0.25) is 0 Å². The minimum Gasteiger partial charge on any atom is -0.353 e. The van der Waals surface area contributed by atoms with Gasteiger partial charge in [0.2, 0.25) is 10.0 Å². The van der Waals surface area contributed by atoms with Crippen LogP contribution in [0.25, 0.3) is 6.08 Å². The van der Waals surface area contributed by atoms with Gasteiger partial charge in [0, 0.05) is 37.8 Å². The van der Waals surface area contributed by atoms with E-state index in [1.165, 1.54) is 9.71 Å². The molecule has 1 fully saturated rings. The van der Waals surface area contributed by atoms with Crippen LogP contribution in [0.3, 0.4) is 0 Å². The van der Waals surface area contributed by atoms with E-state index < -0.39 is 10.0 Å². The van der Waals surface area contributed by atoms with E-state index in [0.29, 0.717) is 37.0 Å². The number of rotatable bonds is 4. The topological polar surface area (TPSA) is 53.5 Å². The Hall–Kier alpha value is -1.89. The number of piperazine rings is 1. The Morgan fingerprint density at radius 3 is 2.38 bits per heavy atom. The van der Waals surface area contributed by atoms with E-state index in [-0.39, 0.29) is 0 Å². The molecule has 0 amide bonds. The zero-order chi connectivity index (χ0) is 17.0. The average molecular weight is 364 g/mol. The van der Waals surface area contributed by atoms with E-state index in [0.717, 1.165) is 5.56 Å². The normalized spacial score (nSPS) is 16.6. The number of halogens is 1. The highest BCUT2D eigenvalue weighted by atomic mass is 35.5. The Bertz CT molecular complexity index is 817. The third-order valence-corrected chi connectivity index (χ3v) is 5.73. The fraction of sp³-hybridized carbons (Fsp3) is 0.235. The fourth-order valence-electron chi connectivity index (χ4n) is 2.58. The molecule has 0 spiro atoms. The summed E-state index contributed by atoms with van der Waals surface area (Å²) in [6.45, 7) is 1.95. The second-order valence-corrected chi connectivity index (χ2v) is 7.68. The van der Waals surface area contributed by atoms with Crippen molar-refractivity contribution in [3.63, 3.8) is 0 Å². The summed E-state index contributed by atoms with van der Waals surface area (Å²) in [6, 6.07) is 13.0. The quantitative estimate of drug-likeness (QED) is 0.838. The molecule has 24 heavy (non-hydrogen) atoms. The third-order valence-electron chi connectivity index (χ3n) is 3.87. The molecule has 1 aliphatic heterocycles. The van der Waals surface area contributed by atoms with Crippen molar-refractivity contribution in [2.45, 2.75) is 0 Å². The average Bonchev–Trinajstić information content (AvgIpc) is 2.62. The molecule has 1 saturated heterocycles. The van der Waals surface area contributed by atoms with E-state index >= 15 is 0 Å². The summed E-state index contributed by atoms with van der Waals surface area (Å²) in [4.78, 5) is 6.29. The van der Waals surface area contributed by atoms with Crippen LogP contribution in [-0.2, 0) is 10.0 Å². The van der Waals surface area contributed by atoms with Gasteiger partial charge in [0.15, 0.2) is 0 Å². The Labute approximate surface area is 147 Å². The van der Waals surface area contributed by atoms with Gasteiger partial charge in [-0.05, 0) is 23.8 Å². The monoisotopic (exact) mass is 363 g/mol. The number of pyridine rings is 1. The van der Waals surface area contributed by atoms with Crippen LogP contribution in [0.4, 0.5) is 5.82 Å². The van der Waals surface area contributed by atoms with Gasteiger partial charge in [-0.1, -0.05) is 41.9 Å². The number of anilines is 1. The van der Waals surface area contributed by atoms with Crippen LogP contribution in [0.2, 0.25) is 5.02 Å². The standard InChI is InChI=1S/C17H18ClN3O2S/c18-16-7-4-9-19-17(16)20-10-12-21(13-11-20)24(22,23)14-8-15-5-2-1-3-6-15/h1-9,14H,10-13H2/b14-8+. The summed E-state index contributed by atoms with van der Waals surface area (Å²) in [5.41, 5.74) is 0.861. The first-order valence-electron chi connectivity index (χ1n) is 7.65. The lowest BCUT2D eigenvalue weighted by Crippen LogP contribution is -2.48. The van der Waals surface area contributed by atoms with E-state index in [1.54, 1.807) is 24.4 Å². The molecule has 0 N–H and O–H groups in total. The van der Waals surface area contributed by atoms with Crippen molar-refractivity contribution < 1.29 is 8.42 Å². The molecule has 1 aromatic heterocycles. The van der Waals surface area contributed by atoms with Crippen LogP contribution in [0.5, 0.6) is 0 Å². The first kappa shape index (κ1) is 17.0. The molecular formula is C17H18ClN3O2S. The number of benzene rings is 1. The minimum absolute atomic E-state index is 0.411. The molecule has 2 heterocycles.